The van der Waals surface area contributed by atoms with Crippen LogP contribution in [0, 0.1) is 0 Å². The molecule has 2 rings (SSSR count). The van der Waals surface area contributed by atoms with Gasteiger partial charge in [-0.1, -0.05) is 12.1 Å². The lowest BCUT2D eigenvalue weighted by atomic mass is 10.1. The molecule has 0 fully saturated rings. The number of aromatic hydroxyl groups is 1. The molecule has 0 aliphatic heterocycles. The Kier molecular flexibility index (Phi) is 4.60. The van der Waals surface area contributed by atoms with Gasteiger partial charge in [0.2, 0.25) is 0 Å². The molecule has 0 saturated heterocycles. The molecule has 0 bridgehead atoms. The molecule has 0 saturated carbocycles. The molecule has 2 atom stereocenters. The van der Waals surface area contributed by atoms with Gasteiger partial charge in [-0.3, -0.25) is 0 Å². The van der Waals surface area contributed by atoms with Crippen molar-refractivity contribution in [2.45, 2.75) is 32.0 Å². The highest BCUT2D eigenvalue weighted by molar-refractivity contribution is 5.26. The second-order valence-electron chi connectivity index (χ2n) is 4.72. The zero-order valence-electron chi connectivity index (χ0n) is 10.9. The predicted octanol–water partition coefficient (Wildman–Crippen LogP) is 2.59. The van der Waals surface area contributed by atoms with Crippen LogP contribution in [0.25, 0.3) is 0 Å². The molecular formula is C15H19NO3. The van der Waals surface area contributed by atoms with Gasteiger partial charge in [0.25, 0.3) is 0 Å². The second-order valence-corrected chi connectivity index (χ2v) is 4.72. The van der Waals surface area contributed by atoms with Crippen molar-refractivity contribution >= 4 is 0 Å². The monoisotopic (exact) mass is 261 g/mol. The minimum atomic E-state index is -0.596. The third kappa shape index (κ3) is 4.12. The lowest BCUT2D eigenvalue weighted by Gasteiger charge is -2.16. The standard InChI is InChI=1S/C15H19NO3/c1-11(8-14(18)15-6-3-7-19-15)16-10-12-4-2-5-13(17)9-12/h2-7,9,11,14,16-18H,8,10H2,1H3. The van der Waals surface area contributed by atoms with E-state index in [1.807, 2.05) is 19.1 Å². The normalized spacial score (nSPS) is 14.2. The molecule has 1 aromatic carbocycles. The van der Waals surface area contributed by atoms with Crippen LogP contribution in [0.15, 0.2) is 47.1 Å². The van der Waals surface area contributed by atoms with Crippen LogP contribution in [0.5, 0.6) is 5.75 Å². The highest BCUT2D eigenvalue weighted by Crippen LogP contribution is 2.18. The highest BCUT2D eigenvalue weighted by Gasteiger charge is 2.14. The van der Waals surface area contributed by atoms with Gasteiger partial charge in [0.1, 0.15) is 17.6 Å². The smallest absolute Gasteiger partial charge is 0.132 e. The van der Waals surface area contributed by atoms with E-state index in [0.717, 1.165) is 5.56 Å². The first-order chi connectivity index (χ1) is 9.15. The van der Waals surface area contributed by atoms with E-state index in [-0.39, 0.29) is 11.8 Å². The van der Waals surface area contributed by atoms with Crippen molar-refractivity contribution in [3.05, 3.63) is 54.0 Å². The number of hydrogen-bond acceptors (Lipinski definition) is 4. The van der Waals surface area contributed by atoms with E-state index in [2.05, 4.69) is 5.32 Å². The third-order valence-electron chi connectivity index (χ3n) is 3.01. The van der Waals surface area contributed by atoms with Gasteiger partial charge < -0.3 is 19.9 Å². The van der Waals surface area contributed by atoms with Crippen LogP contribution in [-0.2, 0) is 6.54 Å². The minimum absolute atomic E-state index is 0.141. The molecule has 102 valence electrons. The van der Waals surface area contributed by atoms with Crippen LogP contribution < -0.4 is 5.32 Å². The van der Waals surface area contributed by atoms with Crippen LogP contribution in [0.4, 0.5) is 0 Å². The molecule has 4 nitrogen and oxygen atoms in total. The van der Waals surface area contributed by atoms with Crippen LogP contribution in [-0.4, -0.2) is 16.3 Å². The Morgan fingerprint density at radius 2 is 2.11 bits per heavy atom. The fourth-order valence-electron chi connectivity index (χ4n) is 1.97. The van der Waals surface area contributed by atoms with Crippen LogP contribution in [0.2, 0.25) is 0 Å². The highest BCUT2D eigenvalue weighted by atomic mass is 16.4. The Morgan fingerprint density at radius 1 is 1.26 bits per heavy atom. The molecule has 4 heteroatoms. The summed E-state index contributed by atoms with van der Waals surface area (Å²) in [5.41, 5.74) is 1.01. The number of benzene rings is 1. The number of phenolic OH excluding ortho intramolecular Hbond substituents is 1. The fraction of sp³-hybridized carbons (Fsp3) is 0.333. The van der Waals surface area contributed by atoms with Crippen molar-refractivity contribution in [1.82, 2.24) is 5.32 Å². The number of aliphatic hydroxyl groups excluding tert-OH is 1. The van der Waals surface area contributed by atoms with E-state index < -0.39 is 6.10 Å². The second kappa shape index (κ2) is 6.41. The van der Waals surface area contributed by atoms with Crippen molar-refractivity contribution in [3.63, 3.8) is 0 Å². The van der Waals surface area contributed by atoms with Gasteiger partial charge in [-0.25, -0.2) is 0 Å². The summed E-state index contributed by atoms with van der Waals surface area (Å²) >= 11 is 0. The summed E-state index contributed by atoms with van der Waals surface area (Å²) in [6.45, 7) is 2.66. The first kappa shape index (κ1) is 13.6. The Balaban J connectivity index is 1.80. The maximum atomic E-state index is 9.95. The quantitative estimate of drug-likeness (QED) is 0.747. The topological polar surface area (TPSA) is 65.6 Å². The van der Waals surface area contributed by atoms with Crippen molar-refractivity contribution in [2.24, 2.45) is 0 Å². The average Bonchev–Trinajstić information content (AvgIpc) is 2.90. The number of furan rings is 1. The Bertz CT molecular complexity index is 496. The summed E-state index contributed by atoms with van der Waals surface area (Å²) in [6.07, 6.45) is 1.54. The first-order valence-electron chi connectivity index (χ1n) is 6.38. The lowest BCUT2D eigenvalue weighted by Crippen LogP contribution is -2.27. The summed E-state index contributed by atoms with van der Waals surface area (Å²) in [4.78, 5) is 0. The maximum Gasteiger partial charge on any atom is 0.132 e. The van der Waals surface area contributed by atoms with E-state index >= 15 is 0 Å². The summed E-state index contributed by atoms with van der Waals surface area (Å²) in [6, 6.07) is 10.8. The van der Waals surface area contributed by atoms with Gasteiger partial charge in [0.05, 0.1) is 6.26 Å². The van der Waals surface area contributed by atoms with Gasteiger partial charge in [0.15, 0.2) is 0 Å². The molecule has 0 aliphatic carbocycles. The number of aliphatic hydroxyl groups is 1. The molecule has 0 radical (unpaired) electrons. The van der Waals surface area contributed by atoms with E-state index in [0.29, 0.717) is 18.7 Å². The average molecular weight is 261 g/mol. The fourth-order valence-corrected chi connectivity index (χ4v) is 1.97. The molecule has 2 aromatic rings. The predicted molar refractivity (Wildman–Crippen MR) is 72.7 cm³/mol. The lowest BCUT2D eigenvalue weighted by molar-refractivity contribution is 0.128. The number of hydrogen-bond donors (Lipinski definition) is 3. The maximum absolute atomic E-state index is 9.95. The zero-order valence-corrected chi connectivity index (χ0v) is 10.9. The number of nitrogens with one attached hydrogen (secondary N) is 1. The van der Waals surface area contributed by atoms with Crippen LogP contribution >= 0.6 is 0 Å². The van der Waals surface area contributed by atoms with Crippen molar-refractivity contribution < 1.29 is 14.6 Å². The Hall–Kier alpha value is -1.78. The van der Waals surface area contributed by atoms with Crippen molar-refractivity contribution in [3.8, 4) is 5.75 Å². The molecule has 0 aliphatic rings. The molecule has 3 N–H and O–H groups in total. The SMILES string of the molecule is CC(CC(O)c1ccco1)NCc1cccc(O)c1. The van der Waals surface area contributed by atoms with Crippen LogP contribution in [0.1, 0.15) is 30.8 Å². The van der Waals surface area contributed by atoms with E-state index in [1.54, 1.807) is 30.5 Å². The van der Waals surface area contributed by atoms with E-state index in [9.17, 15) is 10.2 Å². The zero-order chi connectivity index (χ0) is 13.7. The van der Waals surface area contributed by atoms with Crippen LogP contribution in [0.3, 0.4) is 0 Å². The summed E-state index contributed by atoms with van der Waals surface area (Å²) in [5.74, 6) is 0.855. The number of phenols is 1. The first-order valence-corrected chi connectivity index (χ1v) is 6.38. The number of rotatable bonds is 6. The van der Waals surface area contributed by atoms with Crippen molar-refractivity contribution in [2.75, 3.05) is 0 Å². The third-order valence-corrected chi connectivity index (χ3v) is 3.01. The van der Waals surface area contributed by atoms with E-state index in [1.165, 1.54) is 0 Å². The Morgan fingerprint density at radius 3 is 2.79 bits per heavy atom. The molecule has 0 amide bonds. The summed E-state index contributed by atoms with van der Waals surface area (Å²) in [5, 5.41) is 22.6. The molecule has 2 unspecified atom stereocenters. The van der Waals surface area contributed by atoms with Gasteiger partial charge in [0, 0.05) is 12.6 Å². The van der Waals surface area contributed by atoms with Gasteiger partial charge in [-0.15, -0.1) is 0 Å². The molecule has 1 aromatic heterocycles. The summed E-state index contributed by atoms with van der Waals surface area (Å²) < 4.78 is 5.16. The molecular weight excluding hydrogens is 242 g/mol. The Labute approximate surface area is 112 Å². The van der Waals surface area contributed by atoms with Gasteiger partial charge in [-0.2, -0.15) is 0 Å². The van der Waals surface area contributed by atoms with Crippen molar-refractivity contribution in [1.29, 1.82) is 0 Å². The largest absolute Gasteiger partial charge is 0.508 e. The van der Waals surface area contributed by atoms with Gasteiger partial charge in [-0.05, 0) is 43.2 Å². The van der Waals surface area contributed by atoms with Gasteiger partial charge >= 0.3 is 0 Å². The minimum Gasteiger partial charge on any atom is -0.508 e. The molecule has 0 spiro atoms. The summed E-state index contributed by atoms with van der Waals surface area (Å²) in [7, 11) is 0. The molecule has 1 heterocycles. The van der Waals surface area contributed by atoms with E-state index in [4.69, 9.17) is 4.42 Å². The molecule has 19 heavy (non-hydrogen) atoms.